The molecule has 80 valence electrons. The van der Waals surface area contributed by atoms with Crippen molar-refractivity contribution in [2.45, 2.75) is 6.42 Å². The lowest BCUT2D eigenvalue weighted by Gasteiger charge is -1.96. The topological polar surface area (TPSA) is 68.3 Å². The average Bonchev–Trinajstić information content (AvgIpc) is 2.58. The van der Waals surface area contributed by atoms with Crippen LogP contribution in [0.1, 0.15) is 5.69 Å². The molecule has 1 heterocycles. The van der Waals surface area contributed by atoms with Gasteiger partial charge in [-0.15, -0.1) is 0 Å². The van der Waals surface area contributed by atoms with E-state index in [2.05, 4.69) is 10.3 Å². The Kier molecular flexibility index (Phi) is 2.51. The van der Waals surface area contributed by atoms with Crippen LogP contribution in [0.2, 0.25) is 0 Å². The third-order valence-corrected chi connectivity index (χ3v) is 2.42. The highest BCUT2D eigenvalue weighted by molar-refractivity contribution is 5.84. The normalized spacial score (nSPS) is 11.0. The number of hydrogen-bond donors (Lipinski definition) is 4. The maximum absolute atomic E-state index is 9.33. The molecule has 4 nitrogen and oxygen atoms in total. The van der Waals surface area contributed by atoms with Crippen LogP contribution in [0.25, 0.3) is 10.9 Å². The van der Waals surface area contributed by atoms with E-state index in [0.717, 1.165) is 29.6 Å². The molecule has 4 heteroatoms. The fourth-order valence-corrected chi connectivity index (χ4v) is 1.61. The van der Waals surface area contributed by atoms with Crippen molar-refractivity contribution in [3.05, 3.63) is 23.9 Å². The lowest BCUT2D eigenvalue weighted by Crippen LogP contribution is -2.10. The van der Waals surface area contributed by atoms with Crippen molar-refractivity contribution in [1.29, 1.82) is 0 Å². The third kappa shape index (κ3) is 1.89. The van der Waals surface area contributed by atoms with Crippen molar-refractivity contribution in [2.75, 3.05) is 13.6 Å². The Morgan fingerprint density at radius 2 is 1.93 bits per heavy atom. The van der Waals surface area contributed by atoms with Crippen LogP contribution in [0, 0.1) is 0 Å². The second kappa shape index (κ2) is 3.82. The fourth-order valence-electron chi connectivity index (χ4n) is 1.61. The number of hydrogen-bond acceptors (Lipinski definition) is 3. The van der Waals surface area contributed by atoms with Gasteiger partial charge in [0.1, 0.15) is 0 Å². The summed E-state index contributed by atoms with van der Waals surface area (Å²) in [7, 11) is 1.90. The molecule has 0 radical (unpaired) electrons. The van der Waals surface area contributed by atoms with E-state index in [1.165, 1.54) is 6.07 Å². The minimum atomic E-state index is -0.0930. The highest BCUT2D eigenvalue weighted by Crippen LogP contribution is 2.30. The molecule has 0 atom stereocenters. The van der Waals surface area contributed by atoms with Gasteiger partial charge in [-0.05, 0) is 25.6 Å². The van der Waals surface area contributed by atoms with Crippen LogP contribution >= 0.6 is 0 Å². The first-order valence-corrected chi connectivity index (χ1v) is 4.89. The second-order valence-corrected chi connectivity index (χ2v) is 3.58. The molecule has 0 saturated carbocycles. The van der Waals surface area contributed by atoms with Gasteiger partial charge in [-0.25, -0.2) is 0 Å². The lowest BCUT2D eigenvalue weighted by molar-refractivity contribution is 0.405. The zero-order chi connectivity index (χ0) is 10.8. The summed E-state index contributed by atoms with van der Waals surface area (Å²) in [5.41, 5.74) is 1.93. The molecule has 0 bridgehead atoms. The van der Waals surface area contributed by atoms with Crippen molar-refractivity contribution in [3.8, 4) is 11.5 Å². The molecule has 15 heavy (non-hydrogen) atoms. The monoisotopic (exact) mass is 206 g/mol. The Labute approximate surface area is 87.6 Å². The highest BCUT2D eigenvalue weighted by atomic mass is 16.3. The van der Waals surface area contributed by atoms with Crippen LogP contribution in [0.5, 0.6) is 11.5 Å². The Morgan fingerprint density at radius 3 is 2.67 bits per heavy atom. The summed E-state index contributed by atoms with van der Waals surface area (Å²) < 4.78 is 0. The minimum Gasteiger partial charge on any atom is -0.504 e. The Morgan fingerprint density at radius 1 is 1.20 bits per heavy atom. The molecule has 0 aliphatic carbocycles. The lowest BCUT2D eigenvalue weighted by atomic mass is 10.2. The molecule has 2 aromatic rings. The Hall–Kier alpha value is -1.68. The van der Waals surface area contributed by atoms with Gasteiger partial charge in [-0.1, -0.05) is 0 Å². The predicted octanol–water partition coefficient (Wildman–Crippen LogP) is 1.34. The number of nitrogens with one attached hydrogen (secondary N) is 2. The molecule has 0 saturated heterocycles. The number of aromatic nitrogens is 1. The number of likely N-dealkylation sites (N-methyl/N-ethyl adjacent to an activating group) is 1. The number of phenolic OH excluding ortho intramolecular Hbond substituents is 2. The molecule has 2 rings (SSSR count). The number of aromatic amines is 1. The first-order valence-electron chi connectivity index (χ1n) is 4.89. The predicted molar refractivity (Wildman–Crippen MR) is 59.3 cm³/mol. The summed E-state index contributed by atoms with van der Waals surface area (Å²) in [5.74, 6) is -0.175. The highest BCUT2D eigenvalue weighted by Gasteiger charge is 2.05. The van der Waals surface area contributed by atoms with Crippen LogP contribution in [0.4, 0.5) is 0 Å². The molecular weight excluding hydrogens is 192 g/mol. The number of benzene rings is 1. The van der Waals surface area contributed by atoms with Gasteiger partial charge in [-0.2, -0.15) is 0 Å². The van der Waals surface area contributed by atoms with Crippen molar-refractivity contribution in [2.24, 2.45) is 0 Å². The van der Waals surface area contributed by atoms with Crippen molar-refractivity contribution < 1.29 is 10.2 Å². The number of fused-ring (bicyclic) bond motifs is 1. The number of phenols is 2. The third-order valence-electron chi connectivity index (χ3n) is 2.42. The molecule has 1 aromatic carbocycles. The van der Waals surface area contributed by atoms with E-state index >= 15 is 0 Å². The van der Waals surface area contributed by atoms with Gasteiger partial charge in [0.2, 0.25) is 0 Å². The molecule has 0 aliphatic heterocycles. The number of H-pyrrole nitrogens is 1. The molecule has 0 aliphatic rings. The van der Waals surface area contributed by atoms with Crippen LogP contribution in [-0.2, 0) is 6.42 Å². The zero-order valence-corrected chi connectivity index (χ0v) is 8.54. The van der Waals surface area contributed by atoms with Gasteiger partial charge in [0.15, 0.2) is 11.5 Å². The van der Waals surface area contributed by atoms with Crippen molar-refractivity contribution in [1.82, 2.24) is 10.3 Å². The van der Waals surface area contributed by atoms with E-state index in [4.69, 9.17) is 0 Å². The molecule has 0 unspecified atom stereocenters. The van der Waals surface area contributed by atoms with Crippen LogP contribution in [0.15, 0.2) is 18.2 Å². The van der Waals surface area contributed by atoms with E-state index in [-0.39, 0.29) is 11.5 Å². The smallest absolute Gasteiger partial charge is 0.159 e. The molecular formula is C11H14N2O2. The van der Waals surface area contributed by atoms with Gasteiger partial charge < -0.3 is 20.5 Å². The van der Waals surface area contributed by atoms with Crippen LogP contribution < -0.4 is 5.32 Å². The molecule has 4 N–H and O–H groups in total. The summed E-state index contributed by atoms with van der Waals surface area (Å²) in [6, 6.07) is 5.07. The van der Waals surface area contributed by atoms with E-state index in [1.807, 2.05) is 13.1 Å². The molecule has 0 amide bonds. The van der Waals surface area contributed by atoms with E-state index < -0.39 is 0 Å². The maximum atomic E-state index is 9.33. The minimum absolute atomic E-state index is 0.0818. The summed E-state index contributed by atoms with van der Waals surface area (Å²) in [6.07, 6.45) is 0.896. The first kappa shape index (κ1) is 9.86. The molecule has 0 spiro atoms. The summed E-state index contributed by atoms with van der Waals surface area (Å²) >= 11 is 0. The van der Waals surface area contributed by atoms with Gasteiger partial charge in [0, 0.05) is 29.2 Å². The summed E-state index contributed by atoms with van der Waals surface area (Å²) in [4.78, 5) is 3.19. The summed E-state index contributed by atoms with van der Waals surface area (Å²) in [6.45, 7) is 0.894. The second-order valence-electron chi connectivity index (χ2n) is 3.58. The molecule has 0 fully saturated rings. The van der Waals surface area contributed by atoms with E-state index in [9.17, 15) is 10.2 Å². The van der Waals surface area contributed by atoms with Gasteiger partial charge in [0.25, 0.3) is 0 Å². The Bertz CT molecular complexity index is 438. The standard InChI is InChI=1S/C11H14N2O2/c1-12-3-2-8-4-7-5-10(14)11(15)6-9(7)13-8/h4-6,12-15H,2-3H2,1H3. The van der Waals surface area contributed by atoms with Crippen molar-refractivity contribution >= 4 is 10.9 Å². The first-order chi connectivity index (χ1) is 7.20. The van der Waals surface area contributed by atoms with E-state index in [0.29, 0.717) is 0 Å². The summed E-state index contributed by atoms with van der Waals surface area (Å²) in [5, 5.41) is 22.6. The van der Waals surface area contributed by atoms with Crippen LogP contribution in [-0.4, -0.2) is 28.8 Å². The quantitative estimate of drug-likeness (QED) is 0.573. The van der Waals surface area contributed by atoms with Gasteiger partial charge in [0.05, 0.1) is 0 Å². The number of aromatic hydroxyl groups is 2. The van der Waals surface area contributed by atoms with Gasteiger partial charge >= 0.3 is 0 Å². The van der Waals surface area contributed by atoms with Crippen LogP contribution in [0.3, 0.4) is 0 Å². The largest absolute Gasteiger partial charge is 0.504 e. The molecule has 1 aromatic heterocycles. The maximum Gasteiger partial charge on any atom is 0.159 e. The van der Waals surface area contributed by atoms with Gasteiger partial charge in [-0.3, -0.25) is 0 Å². The average molecular weight is 206 g/mol. The number of rotatable bonds is 3. The fraction of sp³-hybridized carbons (Fsp3) is 0.273. The SMILES string of the molecule is CNCCc1cc2cc(O)c(O)cc2[nH]1. The van der Waals surface area contributed by atoms with Crippen molar-refractivity contribution in [3.63, 3.8) is 0 Å². The Balaban J connectivity index is 2.38. The van der Waals surface area contributed by atoms with E-state index in [1.54, 1.807) is 6.07 Å². The zero-order valence-electron chi connectivity index (χ0n) is 8.54.